The molecule has 2 fully saturated rings. The van der Waals surface area contributed by atoms with Gasteiger partial charge >= 0.3 is 5.97 Å². The largest absolute Gasteiger partial charge is 0.367 e. The maximum absolute atomic E-state index is 11.6. The molecule has 2 heterocycles. The van der Waals surface area contributed by atoms with E-state index in [0.717, 1.165) is 5.56 Å². The van der Waals surface area contributed by atoms with Crippen LogP contribution >= 0.6 is 0 Å². The molecule has 1 aromatic rings. The Labute approximate surface area is 118 Å². The van der Waals surface area contributed by atoms with Gasteiger partial charge in [-0.25, -0.2) is 0 Å². The van der Waals surface area contributed by atoms with Crippen molar-refractivity contribution < 1.29 is 19.1 Å². The van der Waals surface area contributed by atoms with Gasteiger partial charge in [-0.3, -0.25) is 4.79 Å². The second-order valence-corrected chi connectivity index (χ2v) is 5.66. The van der Waals surface area contributed by atoms with E-state index in [1.165, 1.54) is 0 Å². The molecule has 20 heavy (non-hydrogen) atoms. The number of carbonyl (C=O) groups excluding carboxylic acids is 1. The van der Waals surface area contributed by atoms with Crippen molar-refractivity contribution in [1.29, 1.82) is 0 Å². The van der Waals surface area contributed by atoms with Crippen LogP contribution in [0.25, 0.3) is 0 Å². The molecule has 2 aliphatic heterocycles. The average molecular weight is 277 g/mol. The molecule has 3 rings (SSSR count). The lowest BCUT2D eigenvalue weighted by Crippen LogP contribution is -2.40. The van der Waals surface area contributed by atoms with Crippen LogP contribution in [0.5, 0.6) is 0 Å². The molecule has 5 heteroatoms. The van der Waals surface area contributed by atoms with E-state index in [1.54, 1.807) is 5.06 Å². The van der Waals surface area contributed by atoms with E-state index in [-0.39, 0.29) is 18.1 Å². The van der Waals surface area contributed by atoms with Gasteiger partial charge in [0.2, 0.25) is 0 Å². The molecule has 0 bridgehead atoms. The normalized spacial score (nSPS) is 29.6. The Balaban J connectivity index is 1.71. The highest BCUT2D eigenvalue weighted by molar-refractivity contribution is 5.71. The third kappa shape index (κ3) is 2.85. The van der Waals surface area contributed by atoms with Crippen molar-refractivity contribution in [1.82, 2.24) is 5.06 Å². The van der Waals surface area contributed by atoms with Gasteiger partial charge in [0, 0.05) is 0 Å². The summed E-state index contributed by atoms with van der Waals surface area (Å²) in [5.41, 5.74) is 1.10. The van der Waals surface area contributed by atoms with Crippen molar-refractivity contribution in [2.75, 3.05) is 6.61 Å². The van der Waals surface area contributed by atoms with Gasteiger partial charge in [-0.2, -0.15) is 0 Å². The summed E-state index contributed by atoms with van der Waals surface area (Å²) in [4.78, 5) is 16.9. The number of carbonyl (C=O) groups is 1. The molecule has 0 aromatic heterocycles. The van der Waals surface area contributed by atoms with Crippen LogP contribution in [0.3, 0.4) is 0 Å². The number of hydroxylamine groups is 2. The molecule has 5 nitrogen and oxygen atoms in total. The predicted octanol–water partition coefficient (Wildman–Crippen LogP) is 1.87. The zero-order valence-corrected chi connectivity index (χ0v) is 11.7. The van der Waals surface area contributed by atoms with Crippen molar-refractivity contribution in [2.45, 2.75) is 44.7 Å². The fourth-order valence-electron chi connectivity index (χ4n) is 2.64. The minimum atomic E-state index is -0.589. The molecule has 1 aromatic carbocycles. The van der Waals surface area contributed by atoms with Gasteiger partial charge in [0.05, 0.1) is 25.6 Å². The standard InChI is InChI=1S/C15H19NO4/c1-15(2)18-10-13(19-15)12-8-14(17)20-16(12)9-11-6-4-3-5-7-11/h3-7,12-13H,8-10H2,1-2H3/t12-,13-/m1/s1. The first-order chi connectivity index (χ1) is 9.53. The third-order valence-electron chi connectivity index (χ3n) is 3.61. The number of benzene rings is 1. The fourth-order valence-corrected chi connectivity index (χ4v) is 2.64. The van der Waals surface area contributed by atoms with Crippen molar-refractivity contribution in [3.8, 4) is 0 Å². The second kappa shape index (κ2) is 5.16. The van der Waals surface area contributed by atoms with E-state index in [9.17, 15) is 4.79 Å². The Bertz CT molecular complexity index is 488. The molecule has 0 spiro atoms. The highest BCUT2D eigenvalue weighted by Gasteiger charge is 2.45. The summed E-state index contributed by atoms with van der Waals surface area (Å²) >= 11 is 0. The molecular formula is C15H19NO4. The van der Waals surface area contributed by atoms with Crippen molar-refractivity contribution in [3.05, 3.63) is 35.9 Å². The molecule has 0 aliphatic carbocycles. The monoisotopic (exact) mass is 277 g/mol. The number of ether oxygens (including phenoxy) is 2. The summed E-state index contributed by atoms with van der Waals surface area (Å²) in [5, 5.41) is 1.72. The smallest absolute Gasteiger partial charge is 0.326 e. The maximum Gasteiger partial charge on any atom is 0.326 e. The third-order valence-corrected chi connectivity index (χ3v) is 3.61. The van der Waals surface area contributed by atoms with Crippen LogP contribution in [-0.2, 0) is 25.7 Å². The number of hydrogen-bond donors (Lipinski definition) is 0. The first-order valence-corrected chi connectivity index (χ1v) is 6.87. The topological polar surface area (TPSA) is 48.0 Å². The molecule has 2 aliphatic rings. The van der Waals surface area contributed by atoms with Gasteiger partial charge in [-0.05, 0) is 19.4 Å². The van der Waals surface area contributed by atoms with E-state index >= 15 is 0 Å². The Kier molecular flexibility index (Phi) is 3.50. The zero-order chi connectivity index (χ0) is 14.2. The minimum absolute atomic E-state index is 0.0931. The van der Waals surface area contributed by atoms with Crippen LogP contribution in [0.1, 0.15) is 25.8 Å². The summed E-state index contributed by atoms with van der Waals surface area (Å²) in [6.07, 6.45) is 0.205. The molecular weight excluding hydrogens is 258 g/mol. The first kappa shape index (κ1) is 13.5. The van der Waals surface area contributed by atoms with Crippen LogP contribution in [0.2, 0.25) is 0 Å². The van der Waals surface area contributed by atoms with Gasteiger partial charge in [0.1, 0.15) is 6.10 Å². The minimum Gasteiger partial charge on any atom is -0.367 e. The molecule has 0 N–H and O–H groups in total. The van der Waals surface area contributed by atoms with Gasteiger partial charge in [0.25, 0.3) is 0 Å². The zero-order valence-electron chi connectivity index (χ0n) is 11.7. The molecule has 2 atom stereocenters. The van der Waals surface area contributed by atoms with Crippen LogP contribution in [-0.4, -0.2) is 35.6 Å². The molecule has 0 amide bonds. The van der Waals surface area contributed by atoms with E-state index in [4.69, 9.17) is 14.3 Å². The summed E-state index contributed by atoms with van der Waals surface area (Å²) in [5.74, 6) is -0.798. The summed E-state index contributed by atoms with van der Waals surface area (Å²) in [6.45, 7) is 4.81. The number of hydrogen-bond acceptors (Lipinski definition) is 5. The maximum atomic E-state index is 11.6. The van der Waals surface area contributed by atoms with Crippen LogP contribution in [0, 0.1) is 0 Å². The van der Waals surface area contributed by atoms with E-state index in [2.05, 4.69) is 0 Å². The fraction of sp³-hybridized carbons (Fsp3) is 0.533. The number of rotatable bonds is 3. The molecule has 0 unspecified atom stereocenters. The summed E-state index contributed by atoms with van der Waals surface area (Å²) < 4.78 is 11.4. The lowest BCUT2D eigenvalue weighted by atomic mass is 10.1. The molecule has 0 radical (unpaired) electrons. The van der Waals surface area contributed by atoms with E-state index in [0.29, 0.717) is 19.6 Å². The lowest BCUT2D eigenvalue weighted by Gasteiger charge is -2.26. The van der Waals surface area contributed by atoms with E-state index < -0.39 is 5.79 Å². The van der Waals surface area contributed by atoms with Crippen LogP contribution < -0.4 is 0 Å². The Morgan fingerprint density at radius 3 is 2.70 bits per heavy atom. The molecule has 0 saturated carbocycles. The first-order valence-electron chi connectivity index (χ1n) is 6.87. The molecule has 2 saturated heterocycles. The SMILES string of the molecule is CC1(C)OC[C@H]([C@H]2CC(=O)ON2Cc2ccccc2)O1. The predicted molar refractivity (Wildman–Crippen MR) is 71.4 cm³/mol. The quantitative estimate of drug-likeness (QED) is 0.844. The van der Waals surface area contributed by atoms with Crippen molar-refractivity contribution >= 4 is 5.97 Å². The Hall–Kier alpha value is -1.43. The van der Waals surface area contributed by atoms with Crippen molar-refractivity contribution in [2.24, 2.45) is 0 Å². The highest BCUT2D eigenvalue weighted by atomic mass is 16.8. The second-order valence-electron chi connectivity index (χ2n) is 5.66. The summed E-state index contributed by atoms with van der Waals surface area (Å²) in [6, 6.07) is 9.84. The van der Waals surface area contributed by atoms with Gasteiger partial charge in [-0.15, -0.1) is 5.06 Å². The molecule has 108 valence electrons. The Morgan fingerprint density at radius 1 is 1.30 bits per heavy atom. The lowest BCUT2D eigenvalue weighted by molar-refractivity contribution is -0.191. The highest BCUT2D eigenvalue weighted by Crippen LogP contribution is 2.31. The van der Waals surface area contributed by atoms with E-state index in [1.807, 2.05) is 44.2 Å². The van der Waals surface area contributed by atoms with Crippen LogP contribution in [0.4, 0.5) is 0 Å². The van der Waals surface area contributed by atoms with Gasteiger partial charge in [-0.1, -0.05) is 30.3 Å². The summed E-state index contributed by atoms with van der Waals surface area (Å²) in [7, 11) is 0. The van der Waals surface area contributed by atoms with Gasteiger partial charge in [0.15, 0.2) is 5.79 Å². The Morgan fingerprint density at radius 2 is 2.05 bits per heavy atom. The number of nitrogens with zero attached hydrogens (tertiary/aromatic N) is 1. The average Bonchev–Trinajstić information content (AvgIpc) is 2.93. The van der Waals surface area contributed by atoms with Crippen molar-refractivity contribution in [3.63, 3.8) is 0 Å². The van der Waals surface area contributed by atoms with Crippen LogP contribution in [0.15, 0.2) is 30.3 Å². The van der Waals surface area contributed by atoms with Gasteiger partial charge < -0.3 is 14.3 Å².